The van der Waals surface area contributed by atoms with E-state index in [9.17, 15) is 9.59 Å². The van der Waals surface area contributed by atoms with Crippen molar-refractivity contribution in [3.63, 3.8) is 0 Å². The van der Waals surface area contributed by atoms with Crippen LogP contribution < -0.4 is 19.8 Å². The van der Waals surface area contributed by atoms with E-state index in [0.29, 0.717) is 35.7 Å². The van der Waals surface area contributed by atoms with E-state index in [4.69, 9.17) is 4.98 Å². The van der Waals surface area contributed by atoms with Crippen LogP contribution in [0, 0.1) is 5.92 Å². The van der Waals surface area contributed by atoms with Crippen LogP contribution in [0.15, 0.2) is 35.4 Å². The van der Waals surface area contributed by atoms with Crippen LogP contribution in [0.2, 0.25) is 0 Å². The predicted molar refractivity (Wildman–Crippen MR) is 155 cm³/mol. The van der Waals surface area contributed by atoms with Crippen LogP contribution in [0.1, 0.15) is 75.6 Å². The van der Waals surface area contributed by atoms with Crippen molar-refractivity contribution in [2.45, 2.75) is 81.8 Å². The summed E-state index contributed by atoms with van der Waals surface area (Å²) in [5, 5.41) is 4.15. The van der Waals surface area contributed by atoms with Crippen molar-refractivity contribution in [1.82, 2.24) is 19.6 Å². The van der Waals surface area contributed by atoms with Gasteiger partial charge in [0.05, 0.1) is 5.56 Å². The molecule has 3 amide bonds. The van der Waals surface area contributed by atoms with E-state index >= 15 is 0 Å². The molecule has 0 spiro atoms. The number of amides is 3. The van der Waals surface area contributed by atoms with Crippen LogP contribution in [0.25, 0.3) is 0 Å². The Morgan fingerprint density at radius 3 is 2.67 bits per heavy atom. The monoisotopic (exact) mass is 549 g/mol. The molecule has 4 bridgehead atoms. The van der Waals surface area contributed by atoms with Crippen LogP contribution >= 0.6 is 11.9 Å². The minimum absolute atomic E-state index is 0.0449. The molecule has 2 N–H and O–H groups in total. The molecule has 1 saturated carbocycles. The summed E-state index contributed by atoms with van der Waals surface area (Å²) in [7, 11) is 0. The lowest BCUT2D eigenvalue weighted by Crippen LogP contribution is -2.42. The molecule has 4 aliphatic rings. The molecule has 9 nitrogen and oxygen atoms in total. The summed E-state index contributed by atoms with van der Waals surface area (Å²) >= 11 is 1.21. The number of rotatable bonds is 2. The Morgan fingerprint density at radius 1 is 0.974 bits per heavy atom. The Hall–Kier alpha value is -3.01. The number of fused-ring (bicyclic) bond motifs is 6. The third kappa shape index (κ3) is 5.40. The minimum atomic E-state index is -0.208. The van der Waals surface area contributed by atoms with Crippen molar-refractivity contribution in [1.29, 1.82) is 0 Å². The summed E-state index contributed by atoms with van der Waals surface area (Å²) < 4.78 is 2.98. The lowest BCUT2D eigenvalue weighted by atomic mass is 9.93. The maximum atomic E-state index is 13.5. The fraction of sp³-hybridized carbons (Fsp3) is 0.586. The highest BCUT2D eigenvalue weighted by molar-refractivity contribution is 7.97. The Balaban J connectivity index is 1.32. The zero-order valence-electron chi connectivity index (χ0n) is 23.0. The highest BCUT2D eigenvalue weighted by Gasteiger charge is 2.41. The van der Waals surface area contributed by atoms with Crippen LogP contribution in [-0.2, 0) is 0 Å². The average Bonchev–Trinajstić information content (AvgIpc) is 3.47. The normalized spacial score (nSPS) is 24.1. The first-order valence-corrected chi connectivity index (χ1v) is 15.3. The van der Waals surface area contributed by atoms with Crippen LogP contribution in [0.3, 0.4) is 0 Å². The number of nitrogens with one attached hydrogen (secondary N) is 2. The van der Waals surface area contributed by atoms with Gasteiger partial charge in [0.2, 0.25) is 0 Å². The fourth-order valence-electron chi connectivity index (χ4n) is 6.75. The molecule has 2 saturated heterocycles. The Morgan fingerprint density at radius 2 is 1.82 bits per heavy atom. The topological polar surface area (TPSA) is 93.7 Å². The Kier molecular flexibility index (Phi) is 7.31. The highest BCUT2D eigenvalue weighted by atomic mass is 32.2. The van der Waals surface area contributed by atoms with Crippen molar-refractivity contribution in [2.24, 2.45) is 5.92 Å². The molecule has 1 atom stereocenters. The van der Waals surface area contributed by atoms with E-state index in [1.165, 1.54) is 31.2 Å². The zero-order chi connectivity index (χ0) is 27.0. The summed E-state index contributed by atoms with van der Waals surface area (Å²) in [5.74, 6) is 2.41. The molecule has 1 aliphatic carbocycles. The van der Waals surface area contributed by atoms with E-state index < -0.39 is 0 Å². The molecular formula is C29H39N7O2S. The number of aromatic nitrogens is 2. The number of hydrogen-bond acceptors (Lipinski definition) is 7. The molecule has 39 heavy (non-hydrogen) atoms. The smallest absolute Gasteiger partial charge is 0.326 e. The third-order valence-corrected chi connectivity index (χ3v) is 9.44. The molecule has 10 heteroatoms. The Bertz CT molecular complexity index is 1230. The second-order valence-electron chi connectivity index (χ2n) is 11.9. The maximum absolute atomic E-state index is 13.5. The van der Waals surface area contributed by atoms with Gasteiger partial charge < -0.3 is 15.1 Å². The Labute approximate surface area is 235 Å². The molecular weight excluding hydrogens is 510 g/mol. The summed E-state index contributed by atoms with van der Waals surface area (Å²) in [5.41, 5.74) is 0.373. The largest absolute Gasteiger partial charge is 0.370 e. The molecule has 0 radical (unpaired) electrons. The zero-order valence-corrected chi connectivity index (χ0v) is 23.8. The van der Waals surface area contributed by atoms with Gasteiger partial charge in [-0.1, -0.05) is 25.3 Å². The van der Waals surface area contributed by atoms with Gasteiger partial charge in [0.25, 0.3) is 5.91 Å². The van der Waals surface area contributed by atoms with Gasteiger partial charge >= 0.3 is 6.03 Å². The lowest BCUT2D eigenvalue weighted by Gasteiger charge is -2.34. The number of urea groups is 1. The molecule has 3 fully saturated rings. The first-order valence-electron chi connectivity index (χ1n) is 14.4. The van der Waals surface area contributed by atoms with Crippen molar-refractivity contribution in [3.05, 3.63) is 35.9 Å². The van der Waals surface area contributed by atoms with Gasteiger partial charge in [0, 0.05) is 49.7 Å². The van der Waals surface area contributed by atoms with Crippen molar-refractivity contribution >= 4 is 41.3 Å². The third-order valence-electron chi connectivity index (χ3n) is 8.72. The summed E-state index contributed by atoms with van der Waals surface area (Å²) in [6.07, 6.45) is 8.99. The SMILES string of the molecule is CC1(C)CC2CCCNc3cccc(n3)SNC(=O)c3ccc(N4CCN(C5CCCCC5)C4=O)nc3N1C2. The van der Waals surface area contributed by atoms with Gasteiger partial charge in [-0.05, 0) is 76.1 Å². The predicted octanol–water partition coefficient (Wildman–Crippen LogP) is 5.30. The molecule has 5 heterocycles. The van der Waals surface area contributed by atoms with Gasteiger partial charge in [0.1, 0.15) is 22.5 Å². The van der Waals surface area contributed by atoms with E-state index in [2.05, 4.69) is 33.8 Å². The van der Waals surface area contributed by atoms with E-state index in [1.54, 1.807) is 4.90 Å². The minimum Gasteiger partial charge on any atom is -0.370 e. The van der Waals surface area contributed by atoms with Crippen molar-refractivity contribution in [2.75, 3.05) is 41.3 Å². The quantitative estimate of drug-likeness (QED) is 0.491. The molecule has 2 aromatic heterocycles. The van der Waals surface area contributed by atoms with Gasteiger partial charge in [-0.15, -0.1) is 0 Å². The molecule has 6 rings (SSSR count). The second-order valence-corrected chi connectivity index (χ2v) is 12.7. The number of carbonyl (C=O) groups is 2. The van der Waals surface area contributed by atoms with Gasteiger partial charge in [0.15, 0.2) is 0 Å². The van der Waals surface area contributed by atoms with E-state index in [-0.39, 0.29) is 17.5 Å². The summed E-state index contributed by atoms with van der Waals surface area (Å²) in [6, 6.07) is 9.86. The summed E-state index contributed by atoms with van der Waals surface area (Å²) in [6.45, 7) is 7.53. The lowest BCUT2D eigenvalue weighted by molar-refractivity contribution is 0.0984. The number of carbonyl (C=O) groups excluding carboxylic acids is 2. The average molecular weight is 550 g/mol. The molecule has 3 aliphatic heterocycles. The van der Waals surface area contributed by atoms with Crippen LogP contribution in [0.4, 0.5) is 22.2 Å². The molecule has 208 valence electrons. The van der Waals surface area contributed by atoms with Gasteiger partial charge in [-0.3, -0.25) is 14.4 Å². The number of hydrogen-bond donors (Lipinski definition) is 2. The number of anilines is 3. The van der Waals surface area contributed by atoms with Gasteiger partial charge in [-0.25, -0.2) is 14.8 Å². The second kappa shape index (κ2) is 10.9. The number of pyridine rings is 2. The summed E-state index contributed by atoms with van der Waals surface area (Å²) in [4.78, 5) is 42.9. The molecule has 1 unspecified atom stereocenters. The van der Waals surface area contributed by atoms with Gasteiger partial charge in [-0.2, -0.15) is 0 Å². The molecule has 0 aromatic carbocycles. The standard InChI is InChI=1S/C29H39N7O2S/c1-29(2)18-20-8-7-15-30-23-11-6-12-25(31-23)39-33-27(37)22-13-14-24(32-26(22)36(29)19-20)35-17-16-34(28(35)38)21-9-4-3-5-10-21/h6,11-14,20-21H,3-5,7-10,15-19H2,1-2H3,(H,30,31)(H,33,37). The van der Waals surface area contributed by atoms with Crippen molar-refractivity contribution < 1.29 is 9.59 Å². The number of nitrogens with zero attached hydrogens (tertiary/aromatic N) is 5. The van der Waals surface area contributed by atoms with Crippen LogP contribution in [-0.4, -0.2) is 64.6 Å². The first kappa shape index (κ1) is 26.2. The van der Waals surface area contributed by atoms with E-state index in [1.807, 2.05) is 35.2 Å². The molecule has 2 aromatic rings. The van der Waals surface area contributed by atoms with E-state index in [0.717, 1.165) is 62.6 Å². The highest BCUT2D eigenvalue weighted by Crippen LogP contribution is 2.40. The fourth-order valence-corrected chi connectivity index (χ4v) is 7.35. The van der Waals surface area contributed by atoms with Crippen molar-refractivity contribution in [3.8, 4) is 0 Å². The van der Waals surface area contributed by atoms with Crippen LogP contribution in [0.5, 0.6) is 0 Å². The first-order chi connectivity index (χ1) is 18.9. The maximum Gasteiger partial charge on any atom is 0.326 e.